The number of hydrogen-bond donors (Lipinski definition) is 2. The summed E-state index contributed by atoms with van der Waals surface area (Å²) < 4.78 is 0. The predicted molar refractivity (Wildman–Crippen MR) is 115 cm³/mol. The number of halogens is 2. The number of piperidine rings is 2. The lowest BCUT2D eigenvalue weighted by atomic mass is 9.88. The third-order valence-electron chi connectivity index (χ3n) is 5.64. The van der Waals surface area contributed by atoms with E-state index in [4.69, 9.17) is 0 Å². The topological polar surface area (TPSA) is 44.4 Å². The molecule has 2 N–H and O–H groups in total. The van der Waals surface area contributed by atoms with Crippen molar-refractivity contribution < 1.29 is 4.79 Å². The molecular weight excluding hydrogens is 389 g/mol. The van der Waals surface area contributed by atoms with Gasteiger partial charge in [-0.1, -0.05) is 6.07 Å². The van der Waals surface area contributed by atoms with Crippen LogP contribution in [0.15, 0.2) is 17.5 Å². The molecule has 2 aliphatic heterocycles. The fraction of sp³-hybridized carbons (Fsp3) is 0.737. The standard InChI is InChI=1S/C19H31N3OS.2ClH/c1-22-12-2-4-16(19(22)17-5-3-13-24-17)14-21-18(23)7-6-15-8-10-20-11-9-15;;/h3,5,13,15-16,19-20H,2,4,6-12,14H2,1H3,(H,21,23);2*1H. The smallest absolute Gasteiger partial charge is 0.220 e. The van der Waals surface area contributed by atoms with E-state index in [1.54, 1.807) is 0 Å². The van der Waals surface area contributed by atoms with Crippen LogP contribution in [0.1, 0.15) is 49.4 Å². The summed E-state index contributed by atoms with van der Waals surface area (Å²) in [7, 11) is 2.22. The van der Waals surface area contributed by atoms with Gasteiger partial charge in [-0.25, -0.2) is 0 Å². The second-order valence-corrected chi connectivity index (χ2v) is 8.36. The Morgan fingerprint density at radius 2 is 2.08 bits per heavy atom. The van der Waals surface area contributed by atoms with Gasteiger partial charge in [0.1, 0.15) is 0 Å². The molecule has 3 rings (SSSR count). The monoisotopic (exact) mass is 421 g/mol. The molecule has 2 saturated heterocycles. The Morgan fingerprint density at radius 3 is 2.77 bits per heavy atom. The average molecular weight is 422 g/mol. The van der Waals surface area contributed by atoms with Gasteiger partial charge < -0.3 is 10.6 Å². The molecule has 3 heterocycles. The van der Waals surface area contributed by atoms with E-state index >= 15 is 0 Å². The van der Waals surface area contributed by atoms with Crippen molar-refractivity contribution in [3.8, 4) is 0 Å². The summed E-state index contributed by atoms with van der Waals surface area (Å²) in [4.78, 5) is 16.2. The summed E-state index contributed by atoms with van der Waals surface area (Å²) in [6.07, 6.45) is 6.63. The SMILES string of the molecule is CN1CCCC(CNC(=O)CCC2CCNCC2)C1c1cccs1.Cl.Cl. The molecule has 0 saturated carbocycles. The van der Waals surface area contributed by atoms with E-state index in [1.165, 1.54) is 30.6 Å². The zero-order valence-electron chi connectivity index (χ0n) is 15.6. The minimum atomic E-state index is 0. The molecule has 1 amide bonds. The van der Waals surface area contributed by atoms with E-state index in [2.05, 4.69) is 40.1 Å². The number of hydrogen-bond acceptors (Lipinski definition) is 4. The number of rotatable bonds is 6. The fourth-order valence-corrected chi connectivity index (χ4v) is 5.20. The van der Waals surface area contributed by atoms with Crippen molar-refractivity contribution in [1.82, 2.24) is 15.5 Å². The minimum Gasteiger partial charge on any atom is -0.356 e. The van der Waals surface area contributed by atoms with Gasteiger partial charge in [-0.05, 0) is 82.1 Å². The Hall–Kier alpha value is -0.330. The molecule has 150 valence electrons. The molecule has 1 aromatic rings. The minimum absolute atomic E-state index is 0. The third kappa shape index (κ3) is 6.68. The molecule has 0 bridgehead atoms. The Kier molecular flexibility index (Phi) is 11.1. The van der Waals surface area contributed by atoms with Gasteiger partial charge in [0.05, 0.1) is 0 Å². The van der Waals surface area contributed by atoms with E-state index in [0.717, 1.165) is 38.5 Å². The van der Waals surface area contributed by atoms with Gasteiger partial charge in [-0.2, -0.15) is 0 Å². The number of thiophene rings is 1. The van der Waals surface area contributed by atoms with Crippen LogP contribution in [0.2, 0.25) is 0 Å². The lowest BCUT2D eigenvalue weighted by Gasteiger charge is -2.38. The second kappa shape index (κ2) is 12.2. The lowest BCUT2D eigenvalue weighted by Crippen LogP contribution is -2.41. The van der Waals surface area contributed by atoms with Gasteiger partial charge in [-0.3, -0.25) is 9.69 Å². The number of likely N-dealkylation sites (tertiary alicyclic amines) is 1. The van der Waals surface area contributed by atoms with Gasteiger partial charge in [0, 0.05) is 23.9 Å². The largest absolute Gasteiger partial charge is 0.356 e. The average Bonchev–Trinajstić information content (AvgIpc) is 3.13. The van der Waals surface area contributed by atoms with Gasteiger partial charge in [0.25, 0.3) is 0 Å². The number of carbonyl (C=O) groups is 1. The third-order valence-corrected chi connectivity index (χ3v) is 6.58. The first kappa shape index (κ1) is 23.7. The van der Waals surface area contributed by atoms with Gasteiger partial charge in [-0.15, -0.1) is 36.2 Å². The van der Waals surface area contributed by atoms with Crippen molar-refractivity contribution in [2.75, 3.05) is 33.2 Å². The molecule has 2 atom stereocenters. The number of nitrogens with one attached hydrogen (secondary N) is 2. The van der Waals surface area contributed by atoms with Gasteiger partial charge in [0.2, 0.25) is 5.91 Å². The Bertz CT molecular complexity index is 509. The van der Waals surface area contributed by atoms with Crippen LogP contribution in [0.4, 0.5) is 0 Å². The first-order chi connectivity index (χ1) is 11.7. The summed E-state index contributed by atoms with van der Waals surface area (Å²) in [6.45, 7) is 4.20. The molecule has 4 nitrogen and oxygen atoms in total. The second-order valence-electron chi connectivity index (χ2n) is 7.38. The van der Waals surface area contributed by atoms with Crippen LogP contribution in [-0.4, -0.2) is 44.0 Å². The first-order valence-electron chi connectivity index (χ1n) is 9.45. The van der Waals surface area contributed by atoms with Crippen molar-refractivity contribution >= 4 is 42.1 Å². The summed E-state index contributed by atoms with van der Waals surface area (Å²) in [5.41, 5.74) is 0. The van der Waals surface area contributed by atoms with Crippen molar-refractivity contribution in [2.45, 2.75) is 44.6 Å². The fourth-order valence-electron chi connectivity index (χ4n) is 4.22. The van der Waals surface area contributed by atoms with Crippen LogP contribution in [-0.2, 0) is 4.79 Å². The predicted octanol–water partition coefficient (Wildman–Crippen LogP) is 3.87. The van der Waals surface area contributed by atoms with Crippen molar-refractivity contribution in [1.29, 1.82) is 0 Å². The van der Waals surface area contributed by atoms with Gasteiger partial charge >= 0.3 is 0 Å². The van der Waals surface area contributed by atoms with Crippen molar-refractivity contribution in [3.63, 3.8) is 0 Å². The number of carbonyl (C=O) groups excluding carboxylic acids is 1. The molecule has 2 aliphatic rings. The molecule has 1 aromatic heterocycles. The van der Waals surface area contributed by atoms with Crippen LogP contribution in [0.3, 0.4) is 0 Å². The highest BCUT2D eigenvalue weighted by atomic mass is 35.5. The van der Waals surface area contributed by atoms with Crippen molar-refractivity contribution in [3.05, 3.63) is 22.4 Å². The van der Waals surface area contributed by atoms with E-state index in [0.29, 0.717) is 18.4 Å². The zero-order chi connectivity index (χ0) is 16.8. The first-order valence-corrected chi connectivity index (χ1v) is 10.3. The highest BCUT2D eigenvalue weighted by Gasteiger charge is 2.31. The molecule has 0 radical (unpaired) electrons. The molecular formula is C19H33Cl2N3OS. The number of nitrogens with zero attached hydrogens (tertiary/aromatic N) is 1. The van der Waals surface area contributed by atoms with Crippen LogP contribution in [0.25, 0.3) is 0 Å². The molecule has 0 aliphatic carbocycles. The van der Waals surface area contributed by atoms with E-state index < -0.39 is 0 Å². The quantitative estimate of drug-likeness (QED) is 0.732. The van der Waals surface area contributed by atoms with Crippen LogP contribution in [0.5, 0.6) is 0 Å². The van der Waals surface area contributed by atoms with Crippen LogP contribution < -0.4 is 10.6 Å². The van der Waals surface area contributed by atoms with E-state index in [1.807, 2.05) is 11.3 Å². The Labute approximate surface area is 174 Å². The Balaban J connectivity index is 0.00000169. The van der Waals surface area contributed by atoms with E-state index in [9.17, 15) is 4.79 Å². The molecule has 2 unspecified atom stereocenters. The summed E-state index contributed by atoms with van der Waals surface area (Å²) in [5.74, 6) is 1.51. The highest BCUT2D eigenvalue weighted by Crippen LogP contribution is 2.36. The molecule has 2 fully saturated rings. The van der Waals surface area contributed by atoms with Gasteiger partial charge in [0.15, 0.2) is 0 Å². The molecule has 0 spiro atoms. The molecule has 7 heteroatoms. The summed E-state index contributed by atoms with van der Waals surface area (Å²) in [5, 5.41) is 8.78. The maximum absolute atomic E-state index is 12.3. The maximum atomic E-state index is 12.3. The summed E-state index contributed by atoms with van der Waals surface area (Å²) in [6, 6.07) is 4.84. The Morgan fingerprint density at radius 1 is 1.31 bits per heavy atom. The van der Waals surface area contributed by atoms with Crippen LogP contribution >= 0.6 is 36.2 Å². The maximum Gasteiger partial charge on any atom is 0.220 e. The molecule has 0 aromatic carbocycles. The highest BCUT2D eigenvalue weighted by molar-refractivity contribution is 7.10. The van der Waals surface area contributed by atoms with E-state index in [-0.39, 0.29) is 30.7 Å². The van der Waals surface area contributed by atoms with Crippen LogP contribution in [0, 0.1) is 11.8 Å². The zero-order valence-corrected chi connectivity index (χ0v) is 18.1. The summed E-state index contributed by atoms with van der Waals surface area (Å²) >= 11 is 1.84. The normalized spacial score (nSPS) is 24.3. The molecule has 26 heavy (non-hydrogen) atoms. The van der Waals surface area contributed by atoms with Crippen molar-refractivity contribution in [2.24, 2.45) is 11.8 Å². The lowest BCUT2D eigenvalue weighted by molar-refractivity contribution is -0.121. The number of amides is 1.